The summed E-state index contributed by atoms with van der Waals surface area (Å²) >= 11 is 0. The number of halogens is 3. The third kappa shape index (κ3) is 2.39. The molecule has 0 fully saturated rings. The zero-order chi connectivity index (χ0) is 15.9. The number of fused-ring (bicyclic) bond motifs is 1. The Morgan fingerprint density at radius 3 is 2.41 bits per heavy atom. The van der Waals surface area contributed by atoms with Gasteiger partial charge in [-0.1, -0.05) is 12.1 Å². The molecule has 0 aliphatic rings. The van der Waals surface area contributed by atoms with Crippen molar-refractivity contribution in [2.45, 2.75) is 6.18 Å². The van der Waals surface area contributed by atoms with E-state index in [1.165, 1.54) is 35.1 Å². The average Bonchev–Trinajstić information content (AvgIpc) is 2.90. The standard InChI is InChI=1S/C14H8F3N3O2/c15-14(16,17)9-3-1-8(2-4-9)11-7-20-12(19-11)10(13(21)22)5-6-18-20/h1-7H,(H,21,22). The minimum absolute atomic E-state index is 0.0341. The normalized spacial score (nSPS) is 11.8. The molecule has 0 unspecified atom stereocenters. The SMILES string of the molecule is O=C(O)c1ccnn2cc(-c3ccc(C(F)(F)F)cc3)nc12. The van der Waals surface area contributed by atoms with Crippen LogP contribution in [0.1, 0.15) is 15.9 Å². The maximum absolute atomic E-state index is 12.5. The monoisotopic (exact) mass is 307 g/mol. The summed E-state index contributed by atoms with van der Waals surface area (Å²) < 4.78 is 38.9. The highest BCUT2D eigenvalue weighted by molar-refractivity contribution is 5.94. The van der Waals surface area contributed by atoms with Crippen molar-refractivity contribution in [1.29, 1.82) is 0 Å². The summed E-state index contributed by atoms with van der Waals surface area (Å²) in [5.41, 5.74) is 0.118. The number of hydrogen-bond acceptors (Lipinski definition) is 3. The van der Waals surface area contributed by atoms with E-state index in [0.29, 0.717) is 11.3 Å². The van der Waals surface area contributed by atoms with Gasteiger partial charge < -0.3 is 5.11 Å². The number of nitrogens with zero attached hydrogens (tertiary/aromatic N) is 3. The fourth-order valence-electron chi connectivity index (χ4n) is 2.03. The van der Waals surface area contributed by atoms with E-state index in [1.54, 1.807) is 0 Å². The van der Waals surface area contributed by atoms with Crippen LogP contribution in [-0.2, 0) is 6.18 Å². The first-order chi connectivity index (χ1) is 10.4. The number of carboxylic acid groups (broad SMARTS) is 1. The van der Waals surface area contributed by atoms with Crippen LogP contribution >= 0.6 is 0 Å². The summed E-state index contributed by atoms with van der Waals surface area (Å²) in [6, 6.07) is 5.77. The summed E-state index contributed by atoms with van der Waals surface area (Å²) in [4.78, 5) is 15.2. The first-order valence-electron chi connectivity index (χ1n) is 6.11. The smallest absolute Gasteiger partial charge is 0.416 e. The third-order valence-corrected chi connectivity index (χ3v) is 3.10. The van der Waals surface area contributed by atoms with Crippen LogP contribution in [0.4, 0.5) is 13.2 Å². The molecule has 1 aromatic carbocycles. The van der Waals surface area contributed by atoms with Gasteiger partial charge >= 0.3 is 12.1 Å². The summed E-state index contributed by atoms with van der Waals surface area (Å²) in [5.74, 6) is -1.16. The third-order valence-electron chi connectivity index (χ3n) is 3.10. The highest BCUT2D eigenvalue weighted by Crippen LogP contribution is 2.30. The molecule has 0 atom stereocenters. The topological polar surface area (TPSA) is 67.5 Å². The van der Waals surface area contributed by atoms with E-state index in [0.717, 1.165) is 12.1 Å². The Morgan fingerprint density at radius 1 is 1.14 bits per heavy atom. The lowest BCUT2D eigenvalue weighted by molar-refractivity contribution is -0.137. The first-order valence-corrected chi connectivity index (χ1v) is 6.11. The molecule has 0 spiro atoms. The Bertz CT molecular complexity index is 854. The molecular formula is C14H8F3N3O2. The van der Waals surface area contributed by atoms with E-state index in [2.05, 4.69) is 10.1 Å². The Morgan fingerprint density at radius 2 is 1.82 bits per heavy atom. The Kier molecular flexibility index (Phi) is 3.09. The summed E-state index contributed by atoms with van der Waals surface area (Å²) in [6.07, 6.45) is -1.63. The molecule has 3 rings (SSSR count). The van der Waals surface area contributed by atoms with E-state index in [9.17, 15) is 18.0 Å². The van der Waals surface area contributed by atoms with Crippen molar-refractivity contribution in [3.63, 3.8) is 0 Å². The van der Waals surface area contributed by atoms with Crippen molar-refractivity contribution in [3.8, 4) is 11.3 Å². The molecule has 0 saturated heterocycles. The molecule has 2 heterocycles. The van der Waals surface area contributed by atoms with Crippen LogP contribution in [0.3, 0.4) is 0 Å². The van der Waals surface area contributed by atoms with Crippen LogP contribution in [0.2, 0.25) is 0 Å². The fourth-order valence-corrected chi connectivity index (χ4v) is 2.03. The minimum Gasteiger partial charge on any atom is -0.478 e. The molecule has 2 aromatic heterocycles. The zero-order valence-electron chi connectivity index (χ0n) is 10.9. The second-order valence-corrected chi connectivity index (χ2v) is 4.52. The van der Waals surface area contributed by atoms with Crippen LogP contribution < -0.4 is 0 Å². The van der Waals surface area contributed by atoms with Crippen LogP contribution in [0.5, 0.6) is 0 Å². The van der Waals surface area contributed by atoms with Gasteiger partial charge in [0.1, 0.15) is 5.56 Å². The van der Waals surface area contributed by atoms with Crippen molar-refractivity contribution in [1.82, 2.24) is 14.6 Å². The second kappa shape index (κ2) is 4.83. The molecule has 0 saturated carbocycles. The quantitative estimate of drug-likeness (QED) is 0.790. The van der Waals surface area contributed by atoms with Crippen LogP contribution in [0.25, 0.3) is 16.9 Å². The van der Waals surface area contributed by atoms with Gasteiger partial charge in [-0.05, 0) is 18.2 Å². The molecule has 112 valence electrons. The molecule has 8 heteroatoms. The zero-order valence-corrected chi connectivity index (χ0v) is 10.9. The first kappa shape index (κ1) is 14.1. The van der Waals surface area contributed by atoms with Crippen molar-refractivity contribution in [2.75, 3.05) is 0 Å². The number of aromatic carboxylic acids is 1. The summed E-state index contributed by atoms with van der Waals surface area (Å²) in [6.45, 7) is 0. The second-order valence-electron chi connectivity index (χ2n) is 4.52. The molecule has 0 aliphatic carbocycles. The van der Waals surface area contributed by atoms with Crippen molar-refractivity contribution in [2.24, 2.45) is 0 Å². The maximum atomic E-state index is 12.5. The molecule has 0 aliphatic heterocycles. The van der Waals surface area contributed by atoms with Crippen LogP contribution in [0.15, 0.2) is 42.7 Å². The molecule has 5 nitrogen and oxygen atoms in total. The van der Waals surface area contributed by atoms with Gasteiger partial charge in [-0.3, -0.25) is 0 Å². The van der Waals surface area contributed by atoms with Crippen LogP contribution in [0, 0.1) is 0 Å². The highest BCUT2D eigenvalue weighted by atomic mass is 19.4. The highest BCUT2D eigenvalue weighted by Gasteiger charge is 2.30. The minimum atomic E-state index is -4.41. The Labute approximate surface area is 121 Å². The van der Waals surface area contributed by atoms with Gasteiger partial charge in [0.05, 0.1) is 17.5 Å². The molecule has 0 bridgehead atoms. The number of alkyl halides is 3. The lowest BCUT2D eigenvalue weighted by Gasteiger charge is -2.06. The molecular weight excluding hydrogens is 299 g/mol. The van der Waals surface area contributed by atoms with Gasteiger partial charge in [0.2, 0.25) is 0 Å². The molecule has 0 radical (unpaired) electrons. The average molecular weight is 307 g/mol. The number of carboxylic acids is 1. The Hall–Kier alpha value is -2.90. The van der Waals surface area contributed by atoms with Gasteiger partial charge in [-0.2, -0.15) is 18.3 Å². The number of hydrogen-bond donors (Lipinski definition) is 1. The molecule has 3 aromatic rings. The van der Waals surface area contributed by atoms with E-state index >= 15 is 0 Å². The Balaban J connectivity index is 2.07. The van der Waals surface area contributed by atoms with E-state index < -0.39 is 17.7 Å². The van der Waals surface area contributed by atoms with E-state index in [4.69, 9.17) is 5.11 Å². The van der Waals surface area contributed by atoms with Gasteiger partial charge in [0, 0.05) is 11.8 Å². The number of benzene rings is 1. The van der Waals surface area contributed by atoms with Gasteiger partial charge in [-0.25, -0.2) is 14.3 Å². The van der Waals surface area contributed by atoms with Crippen molar-refractivity contribution < 1.29 is 23.1 Å². The predicted molar refractivity (Wildman–Crippen MR) is 70.4 cm³/mol. The molecule has 1 N–H and O–H groups in total. The summed E-state index contributed by atoms with van der Waals surface area (Å²) in [5, 5.41) is 13.0. The maximum Gasteiger partial charge on any atom is 0.416 e. The molecule has 0 amide bonds. The lowest BCUT2D eigenvalue weighted by Crippen LogP contribution is -2.03. The molecule has 22 heavy (non-hydrogen) atoms. The number of carbonyl (C=O) groups is 1. The van der Waals surface area contributed by atoms with Gasteiger partial charge in [0.15, 0.2) is 5.65 Å². The van der Waals surface area contributed by atoms with Crippen LogP contribution in [-0.4, -0.2) is 25.7 Å². The summed E-state index contributed by atoms with van der Waals surface area (Å²) in [7, 11) is 0. The van der Waals surface area contributed by atoms with Gasteiger partial charge in [0.25, 0.3) is 0 Å². The predicted octanol–water partition coefficient (Wildman–Crippen LogP) is 3.11. The number of rotatable bonds is 2. The van der Waals surface area contributed by atoms with E-state index in [-0.39, 0.29) is 11.2 Å². The van der Waals surface area contributed by atoms with Gasteiger partial charge in [-0.15, -0.1) is 0 Å². The fraction of sp³-hybridized carbons (Fsp3) is 0.0714. The van der Waals surface area contributed by atoms with Crippen molar-refractivity contribution in [3.05, 3.63) is 53.9 Å². The lowest BCUT2D eigenvalue weighted by atomic mass is 10.1. The number of imidazole rings is 1. The van der Waals surface area contributed by atoms with E-state index in [1.807, 2.05) is 0 Å². The van der Waals surface area contributed by atoms with Crippen molar-refractivity contribution >= 4 is 11.6 Å². The largest absolute Gasteiger partial charge is 0.478 e. The number of aromatic nitrogens is 3.